The van der Waals surface area contributed by atoms with Crippen LogP contribution in [0.25, 0.3) is 6.08 Å². The molecule has 3 aromatic carbocycles. The van der Waals surface area contributed by atoms with E-state index in [1.54, 1.807) is 17.1 Å². The summed E-state index contributed by atoms with van der Waals surface area (Å²) in [7, 11) is -3.87. The molecule has 1 amide bonds. The highest BCUT2D eigenvalue weighted by molar-refractivity contribution is 7.89. The Morgan fingerprint density at radius 1 is 0.897 bits per heavy atom. The minimum Gasteiger partial charge on any atom is -0.271 e. The van der Waals surface area contributed by atoms with Gasteiger partial charge in [0, 0.05) is 17.5 Å². The highest BCUT2D eigenvalue weighted by atomic mass is 35.5. The second-order valence-electron chi connectivity index (χ2n) is 10.3. The lowest BCUT2D eigenvalue weighted by Crippen LogP contribution is -2.46. The molecule has 0 N–H and O–H groups in total. The first kappa shape index (κ1) is 26.0. The van der Waals surface area contributed by atoms with Gasteiger partial charge < -0.3 is 0 Å². The van der Waals surface area contributed by atoms with E-state index in [-0.39, 0.29) is 22.8 Å². The zero-order valence-corrected chi connectivity index (χ0v) is 23.1. The number of hydrogen-bond donors (Lipinski definition) is 0. The molecule has 3 aromatic rings. The SMILES string of the molecule is O=C([C@@H]1CCCN1S(=O)(=O)c1ccc(Cl)cc1)N1N=C2/C(=C\c3ccccc3)CCC[C@H]2[C@H]1c1ccccc1. The molecule has 0 unspecified atom stereocenters. The van der Waals surface area contributed by atoms with Crippen LogP contribution in [0.5, 0.6) is 0 Å². The van der Waals surface area contributed by atoms with Gasteiger partial charge in [0.25, 0.3) is 5.91 Å². The molecule has 0 radical (unpaired) electrons. The number of nitrogens with zero attached hydrogens (tertiary/aromatic N) is 3. The summed E-state index contributed by atoms with van der Waals surface area (Å²) in [4.78, 5) is 14.4. The number of carbonyl (C=O) groups excluding carboxylic acids is 1. The zero-order chi connectivity index (χ0) is 27.0. The minimum absolute atomic E-state index is 0.0581. The molecule has 2 heterocycles. The van der Waals surface area contributed by atoms with Crippen LogP contribution in [0.3, 0.4) is 0 Å². The van der Waals surface area contributed by atoms with E-state index in [1.807, 2.05) is 48.5 Å². The zero-order valence-electron chi connectivity index (χ0n) is 21.5. The number of rotatable bonds is 5. The van der Waals surface area contributed by atoms with Gasteiger partial charge in [-0.15, -0.1) is 0 Å². The molecule has 6 rings (SSSR count). The maximum atomic E-state index is 14.3. The number of sulfonamides is 1. The Morgan fingerprint density at radius 2 is 1.59 bits per heavy atom. The van der Waals surface area contributed by atoms with Crippen molar-refractivity contribution in [2.24, 2.45) is 11.0 Å². The second-order valence-corrected chi connectivity index (χ2v) is 12.7. The van der Waals surface area contributed by atoms with E-state index in [9.17, 15) is 13.2 Å². The maximum absolute atomic E-state index is 14.3. The number of allylic oxidation sites excluding steroid dienone is 1. The van der Waals surface area contributed by atoms with Gasteiger partial charge in [0.1, 0.15) is 6.04 Å². The van der Waals surface area contributed by atoms with Gasteiger partial charge >= 0.3 is 0 Å². The number of hydrogen-bond acceptors (Lipinski definition) is 4. The summed E-state index contributed by atoms with van der Waals surface area (Å²) in [5.74, 6) is -0.206. The highest BCUT2D eigenvalue weighted by Crippen LogP contribution is 2.45. The second kappa shape index (κ2) is 10.7. The van der Waals surface area contributed by atoms with Crippen molar-refractivity contribution in [3.8, 4) is 0 Å². The lowest BCUT2D eigenvalue weighted by molar-refractivity contribution is -0.137. The Hall–Kier alpha value is -3.26. The van der Waals surface area contributed by atoms with Crippen LogP contribution in [0.2, 0.25) is 5.02 Å². The molecule has 3 aliphatic rings. The fourth-order valence-electron chi connectivity index (χ4n) is 6.09. The Kier molecular flexibility index (Phi) is 7.14. The van der Waals surface area contributed by atoms with Crippen LogP contribution in [0.15, 0.2) is 100 Å². The van der Waals surface area contributed by atoms with Crippen molar-refractivity contribution < 1.29 is 13.2 Å². The minimum atomic E-state index is -3.87. The number of benzene rings is 3. The lowest BCUT2D eigenvalue weighted by Gasteiger charge is -2.32. The van der Waals surface area contributed by atoms with E-state index in [0.717, 1.165) is 41.7 Å². The van der Waals surface area contributed by atoms with Crippen LogP contribution < -0.4 is 0 Å². The summed E-state index contributed by atoms with van der Waals surface area (Å²) in [6.45, 7) is 0.296. The van der Waals surface area contributed by atoms with E-state index in [2.05, 4.69) is 18.2 Å². The number of carbonyl (C=O) groups is 1. The van der Waals surface area contributed by atoms with Crippen LogP contribution in [0, 0.1) is 5.92 Å². The largest absolute Gasteiger partial charge is 0.271 e. The van der Waals surface area contributed by atoms with Gasteiger partial charge in [-0.2, -0.15) is 9.41 Å². The van der Waals surface area contributed by atoms with Crippen molar-refractivity contribution >= 4 is 39.3 Å². The standard InChI is InChI=1S/C31H30ClN3O3S/c32-25-16-18-26(19-17-25)39(37,38)34-20-8-15-28(34)31(36)35-30(23-11-5-2-6-12-23)27-14-7-13-24(29(27)33-35)21-22-9-3-1-4-10-22/h1-6,9-12,16-19,21,27-28,30H,7-8,13-15,20H2/b24-21-/t27-,28+,30-/m1/s1. The van der Waals surface area contributed by atoms with Crippen LogP contribution in [-0.4, -0.2) is 41.9 Å². The fourth-order valence-corrected chi connectivity index (χ4v) is 7.86. The van der Waals surface area contributed by atoms with E-state index < -0.39 is 16.1 Å². The van der Waals surface area contributed by atoms with E-state index in [4.69, 9.17) is 16.7 Å². The first-order chi connectivity index (χ1) is 18.9. The van der Waals surface area contributed by atoms with Gasteiger partial charge in [-0.3, -0.25) is 4.79 Å². The fraction of sp³-hybridized carbons (Fsp3) is 0.290. The number of hydrazone groups is 1. The van der Waals surface area contributed by atoms with Crippen LogP contribution in [0.1, 0.15) is 49.3 Å². The van der Waals surface area contributed by atoms with E-state index >= 15 is 0 Å². The summed E-state index contributed by atoms with van der Waals surface area (Å²) in [6, 6.07) is 25.2. The predicted molar refractivity (Wildman–Crippen MR) is 154 cm³/mol. The monoisotopic (exact) mass is 559 g/mol. The Balaban J connectivity index is 1.38. The Bertz CT molecular complexity index is 1520. The number of fused-ring (bicyclic) bond motifs is 1. The molecule has 0 bridgehead atoms. The van der Waals surface area contributed by atoms with Gasteiger partial charge in [0.15, 0.2) is 0 Å². The van der Waals surface area contributed by atoms with Gasteiger partial charge in [-0.25, -0.2) is 13.4 Å². The molecule has 2 fully saturated rings. The molecule has 39 heavy (non-hydrogen) atoms. The van der Waals surface area contributed by atoms with Gasteiger partial charge in [-0.05, 0) is 79.1 Å². The third kappa shape index (κ3) is 4.95. The normalized spacial score (nSPS) is 24.5. The summed E-state index contributed by atoms with van der Waals surface area (Å²) < 4.78 is 28.6. The molecular formula is C31H30ClN3O3S. The summed E-state index contributed by atoms with van der Waals surface area (Å²) in [5.41, 5.74) is 4.21. The first-order valence-electron chi connectivity index (χ1n) is 13.4. The molecule has 200 valence electrons. The van der Waals surface area contributed by atoms with Gasteiger partial charge in [-0.1, -0.05) is 72.3 Å². The first-order valence-corrected chi connectivity index (χ1v) is 15.3. The summed E-state index contributed by atoms with van der Waals surface area (Å²) in [6.07, 6.45) is 6.08. The van der Waals surface area contributed by atoms with Gasteiger partial charge in [0.2, 0.25) is 10.0 Å². The Morgan fingerprint density at radius 3 is 2.31 bits per heavy atom. The third-order valence-corrected chi connectivity index (χ3v) is 10.1. The van der Waals surface area contributed by atoms with Crippen molar-refractivity contribution in [3.05, 3.63) is 107 Å². The molecule has 0 aromatic heterocycles. The molecule has 0 spiro atoms. The molecule has 3 atom stereocenters. The lowest BCUT2D eigenvalue weighted by atomic mass is 9.77. The van der Waals surface area contributed by atoms with Crippen molar-refractivity contribution in [3.63, 3.8) is 0 Å². The average molecular weight is 560 g/mol. The Labute approximate surface area is 234 Å². The van der Waals surface area contributed by atoms with E-state index in [0.29, 0.717) is 24.4 Å². The van der Waals surface area contributed by atoms with Crippen molar-refractivity contribution in [1.82, 2.24) is 9.31 Å². The molecule has 1 saturated heterocycles. The number of amides is 1. The topological polar surface area (TPSA) is 70.1 Å². The third-order valence-electron chi connectivity index (χ3n) is 7.92. The van der Waals surface area contributed by atoms with Crippen molar-refractivity contribution in [2.45, 2.75) is 49.1 Å². The molecule has 1 saturated carbocycles. The van der Waals surface area contributed by atoms with Crippen molar-refractivity contribution in [1.29, 1.82) is 0 Å². The average Bonchev–Trinajstić information content (AvgIpc) is 3.61. The molecular weight excluding hydrogens is 530 g/mol. The maximum Gasteiger partial charge on any atom is 0.261 e. The molecule has 6 nitrogen and oxygen atoms in total. The highest BCUT2D eigenvalue weighted by Gasteiger charge is 2.48. The molecule has 2 aliphatic heterocycles. The quantitative estimate of drug-likeness (QED) is 0.367. The number of halogens is 1. The van der Waals surface area contributed by atoms with Crippen LogP contribution in [0.4, 0.5) is 0 Å². The van der Waals surface area contributed by atoms with Crippen molar-refractivity contribution in [2.75, 3.05) is 6.54 Å². The van der Waals surface area contributed by atoms with E-state index in [1.165, 1.54) is 16.4 Å². The van der Waals surface area contributed by atoms with Crippen LogP contribution >= 0.6 is 11.6 Å². The summed E-state index contributed by atoms with van der Waals surface area (Å²) >= 11 is 6.00. The molecule has 8 heteroatoms. The van der Waals surface area contributed by atoms with Gasteiger partial charge in [0.05, 0.1) is 16.6 Å². The molecule has 1 aliphatic carbocycles. The smallest absolute Gasteiger partial charge is 0.261 e. The summed E-state index contributed by atoms with van der Waals surface area (Å²) in [5, 5.41) is 7.04. The predicted octanol–water partition coefficient (Wildman–Crippen LogP) is 6.32. The van der Waals surface area contributed by atoms with Crippen LogP contribution in [-0.2, 0) is 14.8 Å².